The first-order valence-corrected chi connectivity index (χ1v) is 8.25. The van der Waals surface area contributed by atoms with Gasteiger partial charge in [-0.2, -0.15) is 0 Å². The van der Waals surface area contributed by atoms with Crippen LogP contribution >= 0.6 is 0 Å². The SMILES string of the molecule is COCCNC(=O)[C@@H]1c2c(ncn2C)CCN1Cc1ccccc1. The maximum absolute atomic E-state index is 12.8. The van der Waals surface area contributed by atoms with Crippen molar-refractivity contribution < 1.29 is 9.53 Å². The number of fused-ring (bicyclic) bond motifs is 1. The Morgan fingerprint density at radius 1 is 1.38 bits per heavy atom. The van der Waals surface area contributed by atoms with E-state index in [2.05, 4.69) is 27.3 Å². The zero-order valence-corrected chi connectivity index (χ0v) is 14.2. The van der Waals surface area contributed by atoms with Gasteiger partial charge in [0.05, 0.1) is 24.3 Å². The molecule has 0 saturated carbocycles. The Bertz CT molecular complexity index is 684. The highest BCUT2D eigenvalue weighted by molar-refractivity contribution is 5.83. The summed E-state index contributed by atoms with van der Waals surface area (Å²) in [5.74, 6) is 0.00697. The number of carbonyl (C=O) groups excluding carboxylic acids is 1. The van der Waals surface area contributed by atoms with E-state index in [0.717, 1.165) is 30.9 Å². The van der Waals surface area contributed by atoms with Gasteiger partial charge in [-0.05, 0) is 5.56 Å². The first-order valence-electron chi connectivity index (χ1n) is 8.25. The zero-order chi connectivity index (χ0) is 16.9. The molecule has 6 heteroatoms. The quantitative estimate of drug-likeness (QED) is 0.812. The van der Waals surface area contributed by atoms with Crippen LogP contribution in [0.1, 0.15) is 23.0 Å². The summed E-state index contributed by atoms with van der Waals surface area (Å²) in [6, 6.07) is 9.94. The molecule has 1 amide bonds. The normalized spacial score (nSPS) is 17.5. The van der Waals surface area contributed by atoms with E-state index < -0.39 is 0 Å². The van der Waals surface area contributed by atoms with Crippen molar-refractivity contribution in [3.8, 4) is 0 Å². The number of aryl methyl sites for hydroxylation is 1. The van der Waals surface area contributed by atoms with Gasteiger partial charge in [0.1, 0.15) is 6.04 Å². The second-order valence-electron chi connectivity index (χ2n) is 6.08. The minimum absolute atomic E-state index is 0.00697. The van der Waals surface area contributed by atoms with Crippen LogP contribution in [0, 0.1) is 0 Å². The van der Waals surface area contributed by atoms with Crippen LogP contribution in [0.2, 0.25) is 0 Å². The number of nitrogens with zero attached hydrogens (tertiary/aromatic N) is 3. The van der Waals surface area contributed by atoms with Gasteiger partial charge < -0.3 is 14.6 Å². The second-order valence-corrected chi connectivity index (χ2v) is 6.08. The third kappa shape index (κ3) is 3.49. The van der Waals surface area contributed by atoms with Crippen LogP contribution in [-0.2, 0) is 29.5 Å². The summed E-state index contributed by atoms with van der Waals surface area (Å²) in [5, 5.41) is 2.98. The Balaban J connectivity index is 1.84. The van der Waals surface area contributed by atoms with Gasteiger partial charge in [0.15, 0.2) is 0 Å². The van der Waals surface area contributed by atoms with Crippen LogP contribution in [0.15, 0.2) is 36.7 Å². The van der Waals surface area contributed by atoms with Crippen molar-refractivity contribution in [3.05, 3.63) is 53.6 Å². The fourth-order valence-corrected chi connectivity index (χ4v) is 3.23. The summed E-state index contributed by atoms with van der Waals surface area (Å²) in [4.78, 5) is 19.5. The molecule has 0 radical (unpaired) electrons. The van der Waals surface area contributed by atoms with E-state index >= 15 is 0 Å². The molecule has 6 nitrogen and oxygen atoms in total. The van der Waals surface area contributed by atoms with Crippen molar-refractivity contribution in [3.63, 3.8) is 0 Å². The number of hydrogen-bond acceptors (Lipinski definition) is 4. The Labute approximate surface area is 142 Å². The smallest absolute Gasteiger partial charge is 0.243 e. The molecule has 2 aromatic rings. The maximum atomic E-state index is 12.8. The Hall–Kier alpha value is -2.18. The van der Waals surface area contributed by atoms with Gasteiger partial charge in [0, 0.05) is 40.2 Å². The molecule has 1 aliphatic heterocycles. The third-order valence-corrected chi connectivity index (χ3v) is 4.40. The molecule has 3 rings (SSSR count). The molecule has 0 spiro atoms. The largest absolute Gasteiger partial charge is 0.383 e. The standard InChI is InChI=1S/C18H24N4O2/c1-21-13-20-15-8-10-22(12-14-6-4-3-5-7-14)17(16(15)21)18(23)19-9-11-24-2/h3-7,13,17H,8-12H2,1-2H3,(H,19,23)/t17-/m0/s1. The molecule has 1 N–H and O–H groups in total. The Morgan fingerprint density at radius 3 is 2.92 bits per heavy atom. The summed E-state index contributed by atoms with van der Waals surface area (Å²) in [5.41, 5.74) is 3.22. The topological polar surface area (TPSA) is 59.4 Å². The van der Waals surface area contributed by atoms with E-state index in [9.17, 15) is 4.79 Å². The minimum Gasteiger partial charge on any atom is -0.383 e. The van der Waals surface area contributed by atoms with Crippen molar-refractivity contribution in [2.45, 2.75) is 19.0 Å². The summed E-state index contributed by atoms with van der Waals surface area (Å²) < 4.78 is 7.00. The lowest BCUT2D eigenvalue weighted by molar-refractivity contribution is -0.127. The molecule has 1 aromatic carbocycles. The molecular weight excluding hydrogens is 304 g/mol. The molecule has 0 saturated heterocycles. The van der Waals surface area contributed by atoms with Crippen molar-refractivity contribution >= 4 is 5.91 Å². The number of ether oxygens (including phenoxy) is 1. The number of amides is 1. The van der Waals surface area contributed by atoms with E-state index in [0.29, 0.717) is 13.2 Å². The lowest BCUT2D eigenvalue weighted by atomic mass is 10.0. The van der Waals surface area contributed by atoms with Crippen LogP contribution in [0.25, 0.3) is 0 Å². The molecule has 0 unspecified atom stereocenters. The fraction of sp³-hybridized carbons (Fsp3) is 0.444. The summed E-state index contributed by atoms with van der Waals surface area (Å²) in [7, 11) is 3.58. The van der Waals surface area contributed by atoms with E-state index in [1.807, 2.05) is 29.8 Å². The first-order chi connectivity index (χ1) is 11.7. The van der Waals surface area contributed by atoms with Crippen molar-refractivity contribution in [1.82, 2.24) is 19.8 Å². The van der Waals surface area contributed by atoms with E-state index in [4.69, 9.17) is 4.74 Å². The monoisotopic (exact) mass is 328 g/mol. The van der Waals surface area contributed by atoms with Gasteiger partial charge in [-0.25, -0.2) is 4.98 Å². The molecule has 2 heterocycles. The maximum Gasteiger partial charge on any atom is 0.243 e. The van der Waals surface area contributed by atoms with Gasteiger partial charge in [-0.3, -0.25) is 9.69 Å². The molecule has 128 valence electrons. The number of carbonyl (C=O) groups is 1. The van der Waals surface area contributed by atoms with Gasteiger partial charge >= 0.3 is 0 Å². The highest BCUT2D eigenvalue weighted by Crippen LogP contribution is 2.30. The Kier molecular flexibility index (Phi) is 5.27. The van der Waals surface area contributed by atoms with Crippen LogP contribution in [-0.4, -0.2) is 47.2 Å². The van der Waals surface area contributed by atoms with E-state index in [1.54, 1.807) is 13.4 Å². The molecule has 1 aromatic heterocycles. The number of aromatic nitrogens is 2. The summed E-state index contributed by atoms with van der Waals surface area (Å²) in [6.07, 6.45) is 2.66. The minimum atomic E-state index is -0.321. The fourth-order valence-electron chi connectivity index (χ4n) is 3.23. The number of nitrogens with one attached hydrogen (secondary N) is 1. The molecule has 24 heavy (non-hydrogen) atoms. The second kappa shape index (κ2) is 7.59. The number of methoxy groups -OCH3 is 1. The van der Waals surface area contributed by atoms with Crippen molar-refractivity contribution in [2.75, 3.05) is 26.8 Å². The van der Waals surface area contributed by atoms with Crippen LogP contribution in [0.5, 0.6) is 0 Å². The highest BCUT2D eigenvalue weighted by Gasteiger charge is 2.35. The number of imidazole rings is 1. The van der Waals surface area contributed by atoms with Gasteiger partial charge in [0.2, 0.25) is 5.91 Å². The summed E-state index contributed by atoms with van der Waals surface area (Å²) in [6.45, 7) is 2.59. The number of hydrogen-bond donors (Lipinski definition) is 1. The molecule has 1 atom stereocenters. The zero-order valence-electron chi connectivity index (χ0n) is 14.2. The Morgan fingerprint density at radius 2 is 2.17 bits per heavy atom. The number of rotatable bonds is 6. The van der Waals surface area contributed by atoms with E-state index in [1.165, 1.54) is 5.56 Å². The molecule has 0 bridgehead atoms. The molecule has 1 aliphatic rings. The molecular formula is C18H24N4O2. The predicted octanol–water partition coefficient (Wildman–Crippen LogP) is 1.28. The molecule has 0 aliphatic carbocycles. The van der Waals surface area contributed by atoms with Crippen LogP contribution < -0.4 is 5.32 Å². The van der Waals surface area contributed by atoms with Crippen molar-refractivity contribution in [1.29, 1.82) is 0 Å². The lowest BCUT2D eigenvalue weighted by Gasteiger charge is -2.35. The van der Waals surface area contributed by atoms with Gasteiger partial charge in [0.25, 0.3) is 0 Å². The van der Waals surface area contributed by atoms with Crippen LogP contribution in [0.4, 0.5) is 0 Å². The average molecular weight is 328 g/mol. The van der Waals surface area contributed by atoms with Crippen molar-refractivity contribution in [2.24, 2.45) is 7.05 Å². The van der Waals surface area contributed by atoms with Gasteiger partial charge in [-0.15, -0.1) is 0 Å². The van der Waals surface area contributed by atoms with E-state index in [-0.39, 0.29) is 11.9 Å². The predicted molar refractivity (Wildman–Crippen MR) is 91.4 cm³/mol. The summed E-state index contributed by atoms with van der Waals surface area (Å²) >= 11 is 0. The number of benzene rings is 1. The average Bonchev–Trinajstić information content (AvgIpc) is 2.97. The highest BCUT2D eigenvalue weighted by atomic mass is 16.5. The first kappa shape index (κ1) is 16.7. The lowest BCUT2D eigenvalue weighted by Crippen LogP contribution is -2.45. The van der Waals surface area contributed by atoms with Crippen LogP contribution in [0.3, 0.4) is 0 Å². The third-order valence-electron chi connectivity index (χ3n) is 4.40. The molecule has 0 fully saturated rings. The van der Waals surface area contributed by atoms with Gasteiger partial charge in [-0.1, -0.05) is 30.3 Å².